The normalized spacial score (nSPS) is 9.54. The Morgan fingerprint density at radius 2 is 1.15 bits per heavy atom. The molecule has 2 N–H and O–H groups in total. The first kappa shape index (κ1) is 10.4. The second-order valence-electron chi connectivity index (χ2n) is 2.69. The van der Waals surface area contributed by atoms with Gasteiger partial charge in [-0.25, -0.2) is 0 Å². The van der Waals surface area contributed by atoms with Gasteiger partial charge in [-0.2, -0.15) is 0 Å². The molecule has 0 saturated carbocycles. The van der Waals surface area contributed by atoms with Gasteiger partial charge >= 0.3 is 29.6 Å². The second kappa shape index (κ2) is 4.01. The molecule has 0 aliphatic rings. The van der Waals surface area contributed by atoms with Crippen molar-refractivity contribution < 1.29 is 39.8 Å². The maximum Gasteiger partial charge on any atom is 1.00 e. The number of benzene rings is 2. The van der Waals surface area contributed by atoms with Crippen LogP contribution in [-0.2, 0) is 0 Å². The van der Waals surface area contributed by atoms with Gasteiger partial charge in [-0.3, -0.25) is 0 Å². The van der Waals surface area contributed by atoms with Crippen LogP contribution in [0.4, 0.5) is 0 Å². The molecule has 2 nitrogen and oxygen atoms in total. The van der Waals surface area contributed by atoms with Crippen molar-refractivity contribution in [2.24, 2.45) is 0 Å². The van der Waals surface area contributed by atoms with Gasteiger partial charge in [-0.05, 0) is 22.9 Å². The third-order valence-electron chi connectivity index (χ3n) is 1.84. The van der Waals surface area contributed by atoms with Crippen LogP contribution in [0.25, 0.3) is 10.8 Å². The monoisotopic (exact) mass is 183 g/mol. The van der Waals surface area contributed by atoms with E-state index in [4.69, 9.17) is 10.2 Å². The number of phenols is 2. The molecule has 0 aromatic heterocycles. The van der Waals surface area contributed by atoms with E-state index in [1.807, 2.05) is 24.3 Å². The fraction of sp³-hybridized carbons (Fsp3) is 0. The first-order valence-corrected chi connectivity index (χ1v) is 3.68. The van der Waals surface area contributed by atoms with Gasteiger partial charge in [-0.15, -0.1) is 0 Å². The van der Waals surface area contributed by atoms with E-state index >= 15 is 0 Å². The average Bonchev–Trinajstić information content (AvgIpc) is 2.07. The van der Waals surface area contributed by atoms with Crippen LogP contribution in [0.15, 0.2) is 36.4 Å². The van der Waals surface area contributed by atoms with Gasteiger partial charge in [0.2, 0.25) is 0 Å². The Balaban J connectivity index is 0.000000845. The molecule has 0 spiro atoms. The predicted octanol–water partition coefficient (Wildman–Crippen LogP) is -0.745. The topological polar surface area (TPSA) is 40.5 Å². The molecule has 60 valence electrons. The van der Waals surface area contributed by atoms with Crippen molar-refractivity contribution in [1.82, 2.24) is 0 Å². The van der Waals surface area contributed by atoms with Gasteiger partial charge < -0.3 is 10.2 Å². The summed E-state index contributed by atoms with van der Waals surface area (Å²) in [6, 6.07) is 10.6. The van der Waals surface area contributed by atoms with Crippen molar-refractivity contribution in [2.45, 2.75) is 0 Å². The van der Waals surface area contributed by atoms with Crippen molar-refractivity contribution in [2.75, 3.05) is 0 Å². The minimum atomic E-state index is -0.0753. The fourth-order valence-electron chi connectivity index (χ4n) is 1.22. The van der Waals surface area contributed by atoms with Crippen molar-refractivity contribution in [3.05, 3.63) is 36.4 Å². The zero-order valence-corrected chi connectivity index (χ0v) is 9.36. The number of hydrogen-bond acceptors (Lipinski definition) is 2. The average molecular weight is 183 g/mol. The molecule has 0 fully saturated rings. The molecule has 0 amide bonds. The molecule has 0 unspecified atom stereocenters. The van der Waals surface area contributed by atoms with E-state index in [1.54, 1.807) is 12.1 Å². The van der Waals surface area contributed by atoms with Gasteiger partial charge in [0.25, 0.3) is 0 Å². The maximum atomic E-state index is 9.17. The molecule has 13 heavy (non-hydrogen) atoms. The Hall–Kier alpha value is -0.700. The molecule has 0 bridgehead atoms. The van der Waals surface area contributed by atoms with Crippen LogP contribution < -0.4 is 29.6 Å². The molecule has 0 saturated heterocycles. The van der Waals surface area contributed by atoms with Crippen LogP contribution in [-0.4, -0.2) is 10.2 Å². The summed E-state index contributed by atoms with van der Waals surface area (Å²) in [5.41, 5.74) is 0. The summed E-state index contributed by atoms with van der Waals surface area (Å²) in [5, 5.41) is 20.2. The van der Waals surface area contributed by atoms with Crippen LogP contribution in [0.2, 0.25) is 0 Å². The Morgan fingerprint density at radius 3 is 1.54 bits per heavy atom. The zero-order chi connectivity index (χ0) is 8.55. The molecule has 0 radical (unpaired) electrons. The number of rotatable bonds is 0. The van der Waals surface area contributed by atoms with Gasteiger partial charge in [0.15, 0.2) is 11.5 Å². The second-order valence-corrected chi connectivity index (χ2v) is 2.69. The van der Waals surface area contributed by atoms with Crippen LogP contribution in [0, 0.1) is 0 Å². The van der Waals surface area contributed by atoms with Crippen molar-refractivity contribution in [1.29, 1.82) is 0 Å². The molecular weight excluding hydrogens is 175 g/mol. The summed E-state index contributed by atoms with van der Waals surface area (Å²) in [6.07, 6.45) is 0. The third-order valence-corrected chi connectivity index (χ3v) is 1.84. The predicted molar refractivity (Wildman–Crippen MR) is 47.3 cm³/mol. The van der Waals surface area contributed by atoms with Gasteiger partial charge in [-0.1, -0.05) is 24.3 Å². The molecule has 0 aliphatic heterocycles. The molecular formula is C10H8NaO2+. The standard InChI is InChI=1S/C10H8O2.Na/c11-9-5-7-3-1-2-4-8(7)6-10(9)12;/h1-6,11-12H;/q;+1. The first-order valence-electron chi connectivity index (χ1n) is 3.68. The van der Waals surface area contributed by atoms with Crippen molar-refractivity contribution >= 4 is 10.8 Å². The van der Waals surface area contributed by atoms with E-state index in [-0.39, 0.29) is 41.1 Å². The summed E-state index contributed by atoms with van der Waals surface area (Å²) >= 11 is 0. The van der Waals surface area contributed by atoms with E-state index in [1.165, 1.54) is 0 Å². The van der Waals surface area contributed by atoms with Gasteiger partial charge in [0.1, 0.15) is 0 Å². The molecule has 3 heteroatoms. The summed E-state index contributed by atoms with van der Waals surface area (Å²) in [4.78, 5) is 0. The van der Waals surface area contributed by atoms with E-state index in [0.29, 0.717) is 0 Å². The van der Waals surface area contributed by atoms with Gasteiger partial charge in [0, 0.05) is 0 Å². The van der Waals surface area contributed by atoms with Gasteiger partial charge in [0.05, 0.1) is 0 Å². The van der Waals surface area contributed by atoms with E-state index < -0.39 is 0 Å². The summed E-state index contributed by atoms with van der Waals surface area (Å²) in [5.74, 6) is -0.151. The fourth-order valence-corrected chi connectivity index (χ4v) is 1.22. The third kappa shape index (κ3) is 1.97. The maximum absolute atomic E-state index is 9.17. The number of aromatic hydroxyl groups is 2. The number of phenolic OH excluding ortho intramolecular Hbond substituents is 2. The molecule has 0 heterocycles. The molecule has 0 atom stereocenters. The Kier molecular flexibility index (Phi) is 3.20. The summed E-state index contributed by atoms with van der Waals surface area (Å²) in [7, 11) is 0. The molecule has 2 aromatic rings. The largest absolute Gasteiger partial charge is 1.00 e. The van der Waals surface area contributed by atoms with Crippen molar-refractivity contribution in [3.8, 4) is 11.5 Å². The van der Waals surface area contributed by atoms with Crippen LogP contribution in [0.3, 0.4) is 0 Å². The number of hydrogen-bond donors (Lipinski definition) is 2. The van der Waals surface area contributed by atoms with Crippen molar-refractivity contribution in [3.63, 3.8) is 0 Å². The summed E-state index contributed by atoms with van der Waals surface area (Å²) in [6.45, 7) is 0. The number of fused-ring (bicyclic) bond motifs is 1. The van der Waals surface area contributed by atoms with E-state index in [0.717, 1.165) is 10.8 Å². The Morgan fingerprint density at radius 1 is 0.769 bits per heavy atom. The van der Waals surface area contributed by atoms with Crippen LogP contribution in [0.1, 0.15) is 0 Å². The minimum absolute atomic E-state index is 0. The molecule has 2 rings (SSSR count). The Bertz CT molecular complexity index is 386. The minimum Gasteiger partial charge on any atom is -0.504 e. The smallest absolute Gasteiger partial charge is 0.504 e. The molecule has 0 aliphatic carbocycles. The van der Waals surface area contributed by atoms with E-state index in [2.05, 4.69) is 0 Å². The van der Waals surface area contributed by atoms with Crippen LogP contribution in [0.5, 0.6) is 11.5 Å². The van der Waals surface area contributed by atoms with Crippen LogP contribution >= 0.6 is 0 Å². The zero-order valence-electron chi connectivity index (χ0n) is 7.36. The SMILES string of the molecule is Oc1cc2ccccc2cc1O.[Na+]. The first-order chi connectivity index (χ1) is 5.77. The molecule has 2 aromatic carbocycles. The van der Waals surface area contributed by atoms with E-state index in [9.17, 15) is 0 Å². The summed E-state index contributed by atoms with van der Waals surface area (Å²) < 4.78 is 0. The quantitative estimate of drug-likeness (QED) is 0.417. The Labute approximate surface area is 98.1 Å².